The topological polar surface area (TPSA) is 152 Å². The summed E-state index contributed by atoms with van der Waals surface area (Å²) in [4.78, 5) is 71.2. The zero-order valence-electron chi connectivity index (χ0n) is 36.6. The van der Waals surface area contributed by atoms with Gasteiger partial charge in [-0.3, -0.25) is 19.4 Å². The Balaban J connectivity index is 0.910. The third kappa shape index (κ3) is 9.43. The predicted molar refractivity (Wildman–Crippen MR) is 245 cm³/mol. The third-order valence-corrected chi connectivity index (χ3v) is 12.4. The normalized spacial score (nSPS) is 18.4. The Morgan fingerprint density at radius 2 is 1.43 bits per heavy atom. The molecule has 0 aliphatic carbocycles. The van der Waals surface area contributed by atoms with Crippen molar-refractivity contribution < 1.29 is 23.9 Å². The maximum atomic E-state index is 14.2. The Morgan fingerprint density at radius 1 is 0.794 bits per heavy atom. The molecular formula is C50H56N8O5. The van der Waals surface area contributed by atoms with Crippen molar-refractivity contribution in [3.8, 4) is 22.4 Å². The molecule has 0 bridgehead atoms. The van der Waals surface area contributed by atoms with Crippen molar-refractivity contribution in [3.63, 3.8) is 0 Å². The highest BCUT2D eigenvalue weighted by molar-refractivity contribution is 6.04. The van der Waals surface area contributed by atoms with Crippen LogP contribution in [-0.2, 0) is 19.1 Å². The number of imidazole rings is 1. The van der Waals surface area contributed by atoms with E-state index in [2.05, 4.69) is 76.3 Å². The van der Waals surface area contributed by atoms with E-state index in [1.165, 1.54) is 7.11 Å². The van der Waals surface area contributed by atoms with Crippen LogP contribution in [-0.4, -0.2) is 107 Å². The summed E-state index contributed by atoms with van der Waals surface area (Å²) in [5, 5.41) is 7.92. The van der Waals surface area contributed by atoms with E-state index in [9.17, 15) is 19.2 Å². The van der Waals surface area contributed by atoms with Crippen LogP contribution in [0.15, 0.2) is 108 Å². The second kappa shape index (κ2) is 18.8. The number of carbonyl (C=O) groups excluding carboxylic acids is 4. The van der Waals surface area contributed by atoms with Crippen LogP contribution in [0, 0.1) is 5.92 Å². The number of hydrogen-bond donors (Lipinski definition) is 3. The summed E-state index contributed by atoms with van der Waals surface area (Å²) in [6, 6.07) is 29.1. The smallest absolute Gasteiger partial charge is 0.407 e. The van der Waals surface area contributed by atoms with Gasteiger partial charge in [0.05, 0.1) is 37.6 Å². The SMILES string of the molecule is COC(=O)N[C@H](C(=O)N1CCC[C@H]1c1ncc(-c2ccc3cc(-c4ccc(C5=CN=C([C@@H]6CCCN6C(=O)[C@H](NC(=O)CN(C)C)c6ccccc6)C5)cc4)ccc3c2)[nH]1)C(C)C. The van der Waals surface area contributed by atoms with E-state index in [1.54, 1.807) is 4.90 Å². The minimum Gasteiger partial charge on any atom is -0.453 e. The number of benzene rings is 4. The summed E-state index contributed by atoms with van der Waals surface area (Å²) in [6.07, 6.45) is 7.16. The minimum absolute atomic E-state index is 0.104. The number of aromatic amines is 1. The lowest BCUT2D eigenvalue weighted by molar-refractivity contribution is -0.136. The van der Waals surface area contributed by atoms with Gasteiger partial charge in [0.1, 0.15) is 17.9 Å². The lowest BCUT2D eigenvalue weighted by atomic mass is 9.95. The van der Waals surface area contributed by atoms with E-state index >= 15 is 0 Å². The maximum absolute atomic E-state index is 14.2. The van der Waals surface area contributed by atoms with Gasteiger partial charge in [-0.2, -0.15) is 0 Å². The van der Waals surface area contributed by atoms with Gasteiger partial charge >= 0.3 is 6.09 Å². The van der Waals surface area contributed by atoms with Crippen molar-refractivity contribution in [1.82, 2.24) is 35.3 Å². The molecule has 4 amide bonds. The van der Waals surface area contributed by atoms with Crippen LogP contribution in [0.5, 0.6) is 0 Å². The highest BCUT2D eigenvalue weighted by Gasteiger charge is 2.39. The Kier molecular flexibility index (Phi) is 12.8. The average Bonchev–Trinajstić information content (AvgIpc) is 4.14. The summed E-state index contributed by atoms with van der Waals surface area (Å²) in [7, 11) is 4.96. The van der Waals surface area contributed by atoms with Gasteiger partial charge in [-0.25, -0.2) is 9.78 Å². The van der Waals surface area contributed by atoms with E-state index in [-0.39, 0.29) is 42.3 Å². The monoisotopic (exact) mass is 848 g/mol. The molecule has 3 N–H and O–H groups in total. The minimum atomic E-state index is -0.764. The number of aromatic nitrogens is 2. The first kappa shape index (κ1) is 43.1. The Morgan fingerprint density at radius 3 is 2.11 bits per heavy atom. The largest absolute Gasteiger partial charge is 0.453 e. The fourth-order valence-corrected chi connectivity index (χ4v) is 9.11. The fourth-order valence-electron chi connectivity index (χ4n) is 9.11. The van der Waals surface area contributed by atoms with Gasteiger partial charge in [-0.05, 0) is 96.4 Å². The molecule has 0 saturated carbocycles. The highest BCUT2D eigenvalue weighted by atomic mass is 16.5. The first-order chi connectivity index (χ1) is 30.5. The summed E-state index contributed by atoms with van der Waals surface area (Å²) in [5.41, 5.74) is 8.05. The number of nitrogens with one attached hydrogen (secondary N) is 3. The van der Waals surface area contributed by atoms with Crippen molar-refractivity contribution in [2.24, 2.45) is 10.9 Å². The molecule has 3 aliphatic heterocycles. The van der Waals surface area contributed by atoms with E-state index in [0.29, 0.717) is 19.5 Å². The van der Waals surface area contributed by atoms with E-state index in [1.807, 2.05) is 80.5 Å². The van der Waals surface area contributed by atoms with Gasteiger partial charge in [0.2, 0.25) is 17.7 Å². The number of hydrogen-bond acceptors (Lipinski definition) is 8. The number of allylic oxidation sites excluding steroid dienone is 1. The number of aliphatic imine (C=N–C) groups is 1. The summed E-state index contributed by atoms with van der Waals surface area (Å²) in [5.74, 6) is 0.195. The van der Waals surface area contributed by atoms with Crippen LogP contribution >= 0.6 is 0 Å². The molecule has 1 aromatic heterocycles. The summed E-state index contributed by atoms with van der Waals surface area (Å²) < 4.78 is 4.78. The predicted octanol–water partition coefficient (Wildman–Crippen LogP) is 7.54. The molecule has 63 heavy (non-hydrogen) atoms. The van der Waals surface area contributed by atoms with Crippen LogP contribution in [0.2, 0.25) is 0 Å². The lowest BCUT2D eigenvalue weighted by Gasteiger charge is -2.30. The number of H-pyrrole nitrogens is 1. The van der Waals surface area contributed by atoms with Crippen LogP contribution in [0.4, 0.5) is 4.79 Å². The number of likely N-dealkylation sites (tertiary alicyclic amines) is 2. The van der Waals surface area contributed by atoms with Crippen molar-refractivity contribution in [3.05, 3.63) is 120 Å². The Hall–Kier alpha value is -6.60. The zero-order valence-corrected chi connectivity index (χ0v) is 36.6. The molecule has 2 saturated heterocycles. The van der Waals surface area contributed by atoms with Crippen molar-refractivity contribution >= 4 is 45.9 Å². The second-order valence-corrected chi connectivity index (χ2v) is 17.4. The molecule has 3 aliphatic rings. The lowest BCUT2D eigenvalue weighted by Crippen LogP contribution is -2.51. The zero-order chi connectivity index (χ0) is 44.2. The summed E-state index contributed by atoms with van der Waals surface area (Å²) >= 11 is 0. The standard InChI is InChI=1S/C50H56N8O5/c1-31(2)45(55-50(62)63-5)48(60)58-24-10-14-43(58)47-52-29-41(53-47)38-22-21-36-25-35(19-20-37(36)26-38)32-15-17-33(18-16-32)39-27-40(51-28-39)42-13-9-23-57(42)49(61)46(34-11-7-6-8-12-34)54-44(59)30-56(3)4/h6-8,11-12,15-22,25-26,28-29,31,42-43,45-46H,9-10,13-14,23-24,27,30H2,1-5H3,(H,52,53)(H,54,59)(H,55,62)/t42-,43-,45-,46+/m0/s1. The Bertz CT molecular complexity index is 2550. The van der Waals surface area contributed by atoms with Crippen molar-refractivity contribution in [2.75, 3.05) is 40.8 Å². The molecule has 326 valence electrons. The number of fused-ring (bicyclic) bond motifs is 1. The molecule has 0 unspecified atom stereocenters. The number of carbonyl (C=O) groups is 4. The molecule has 13 heteroatoms. The molecule has 8 rings (SSSR count). The first-order valence-corrected chi connectivity index (χ1v) is 21.9. The van der Waals surface area contributed by atoms with Gasteiger partial charge < -0.3 is 35.1 Å². The quantitative estimate of drug-likeness (QED) is 0.111. The number of rotatable bonds is 13. The number of ether oxygens (including phenoxy) is 1. The molecule has 0 radical (unpaired) electrons. The number of methoxy groups -OCH3 is 1. The Labute approximate surface area is 368 Å². The molecule has 0 spiro atoms. The molecule has 13 nitrogen and oxygen atoms in total. The van der Waals surface area contributed by atoms with E-state index < -0.39 is 18.2 Å². The number of amides is 4. The van der Waals surface area contributed by atoms with Crippen LogP contribution < -0.4 is 10.6 Å². The summed E-state index contributed by atoms with van der Waals surface area (Å²) in [6.45, 7) is 5.23. The molecule has 2 fully saturated rings. The molecule has 4 aromatic carbocycles. The van der Waals surface area contributed by atoms with E-state index in [0.717, 1.165) is 87.1 Å². The van der Waals surface area contributed by atoms with Gasteiger partial charge in [-0.1, -0.05) is 92.7 Å². The second-order valence-electron chi connectivity index (χ2n) is 17.4. The molecule has 5 aromatic rings. The van der Waals surface area contributed by atoms with E-state index in [4.69, 9.17) is 14.7 Å². The van der Waals surface area contributed by atoms with Crippen molar-refractivity contribution in [2.45, 2.75) is 70.1 Å². The van der Waals surface area contributed by atoms with Crippen molar-refractivity contribution in [1.29, 1.82) is 0 Å². The molecule has 4 heterocycles. The van der Waals surface area contributed by atoms with Crippen LogP contribution in [0.3, 0.4) is 0 Å². The fraction of sp³-hybridized carbons (Fsp3) is 0.360. The van der Waals surface area contributed by atoms with Crippen LogP contribution in [0.25, 0.3) is 38.7 Å². The van der Waals surface area contributed by atoms with Gasteiger partial charge in [0, 0.05) is 37.0 Å². The highest BCUT2D eigenvalue weighted by Crippen LogP contribution is 2.36. The van der Waals surface area contributed by atoms with Gasteiger partial charge in [-0.15, -0.1) is 0 Å². The van der Waals surface area contributed by atoms with Gasteiger partial charge in [0.25, 0.3) is 0 Å². The number of likely N-dealkylation sites (N-methyl/N-ethyl adjacent to an activating group) is 1. The third-order valence-electron chi connectivity index (χ3n) is 12.4. The average molecular weight is 849 g/mol. The number of nitrogens with zero attached hydrogens (tertiary/aromatic N) is 5. The number of alkyl carbamates (subject to hydrolysis) is 1. The maximum Gasteiger partial charge on any atom is 0.407 e. The van der Waals surface area contributed by atoms with Gasteiger partial charge in [0.15, 0.2) is 0 Å². The molecular weight excluding hydrogens is 793 g/mol. The first-order valence-electron chi connectivity index (χ1n) is 21.9. The van der Waals surface area contributed by atoms with Crippen LogP contribution in [0.1, 0.15) is 75.0 Å². The molecule has 4 atom stereocenters.